The van der Waals surface area contributed by atoms with Gasteiger partial charge in [0.05, 0.1) is 17.5 Å². The minimum Gasteiger partial charge on any atom is -0.443 e. The Balaban J connectivity index is 2.28. The second-order valence-electron chi connectivity index (χ2n) is 7.49. The van der Waals surface area contributed by atoms with Crippen molar-refractivity contribution in [2.75, 3.05) is 19.0 Å². The molecule has 1 amide bonds. The van der Waals surface area contributed by atoms with Crippen LogP contribution in [0, 0.1) is 0 Å². The fourth-order valence-electron chi connectivity index (χ4n) is 2.30. The highest BCUT2D eigenvalue weighted by atomic mass is 19.4. The number of aromatic nitrogens is 1. The number of ether oxygens (including phenoxy) is 1. The zero-order valence-corrected chi connectivity index (χ0v) is 16.8. The summed E-state index contributed by atoms with van der Waals surface area (Å²) in [5, 5.41) is 3.80. The van der Waals surface area contributed by atoms with Gasteiger partial charge in [0, 0.05) is 19.7 Å². The van der Waals surface area contributed by atoms with Crippen molar-refractivity contribution in [2.24, 2.45) is 5.10 Å². The van der Waals surface area contributed by atoms with Gasteiger partial charge in [-0.25, -0.2) is 15.2 Å². The normalized spacial score (nSPS) is 12.1. The predicted molar refractivity (Wildman–Crippen MR) is 106 cm³/mol. The van der Waals surface area contributed by atoms with E-state index in [1.54, 1.807) is 59.1 Å². The minimum absolute atomic E-state index is 0.180. The van der Waals surface area contributed by atoms with Crippen LogP contribution in [0.3, 0.4) is 0 Å². The average Bonchev–Trinajstić information content (AvgIpc) is 2.59. The minimum atomic E-state index is -4.49. The van der Waals surface area contributed by atoms with Gasteiger partial charge in [0.25, 0.3) is 0 Å². The van der Waals surface area contributed by atoms with Gasteiger partial charge in [-0.2, -0.15) is 18.3 Å². The first-order valence-electron chi connectivity index (χ1n) is 8.74. The molecule has 1 aromatic carbocycles. The number of rotatable bonds is 4. The van der Waals surface area contributed by atoms with Gasteiger partial charge >= 0.3 is 12.3 Å². The molecule has 0 bridgehead atoms. The maximum atomic E-state index is 13.2. The Kier molecular flexibility index (Phi) is 6.51. The summed E-state index contributed by atoms with van der Waals surface area (Å²) in [4.78, 5) is 17.4. The Morgan fingerprint density at radius 2 is 1.86 bits per heavy atom. The molecular formula is C20H23F3N4O2. The number of anilines is 1. The van der Waals surface area contributed by atoms with Crippen molar-refractivity contribution in [3.8, 4) is 11.3 Å². The lowest BCUT2D eigenvalue weighted by atomic mass is 10.1. The topological polar surface area (TPSA) is 66.8 Å². The van der Waals surface area contributed by atoms with Crippen molar-refractivity contribution < 1.29 is 22.7 Å². The molecular weight excluding hydrogens is 385 g/mol. The van der Waals surface area contributed by atoms with E-state index >= 15 is 0 Å². The van der Waals surface area contributed by atoms with Gasteiger partial charge in [0.2, 0.25) is 0 Å². The van der Waals surface area contributed by atoms with Gasteiger partial charge in [-0.1, -0.05) is 18.2 Å². The predicted octanol–water partition coefficient (Wildman–Crippen LogP) is 4.69. The summed E-state index contributed by atoms with van der Waals surface area (Å²) in [5.74, 6) is 0.195. The molecule has 0 aliphatic rings. The lowest BCUT2D eigenvalue weighted by Crippen LogP contribution is -2.29. The van der Waals surface area contributed by atoms with Crippen molar-refractivity contribution in [1.82, 2.24) is 10.4 Å². The van der Waals surface area contributed by atoms with E-state index in [-0.39, 0.29) is 11.5 Å². The van der Waals surface area contributed by atoms with Crippen LogP contribution in [0.15, 0.2) is 41.5 Å². The van der Waals surface area contributed by atoms with Crippen LogP contribution >= 0.6 is 0 Å². The van der Waals surface area contributed by atoms with Gasteiger partial charge in [-0.3, -0.25) is 0 Å². The first kappa shape index (κ1) is 22.2. The summed E-state index contributed by atoms with van der Waals surface area (Å²) in [5.41, 5.74) is 2.04. The van der Waals surface area contributed by atoms with E-state index in [2.05, 4.69) is 15.5 Å². The van der Waals surface area contributed by atoms with Gasteiger partial charge in [0.15, 0.2) is 0 Å². The second-order valence-corrected chi connectivity index (χ2v) is 7.49. The molecule has 0 unspecified atom stereocenters. The molecule has 0 aliphatic carbocycles. The molecule has 0 aliphatic heterocycles. The molecule has 2 aromatic rings. The molecule has 29 heavy (non-hydrogen) atoms. The third kappa shape index (κ3) is 6.78. The molecule has 0 radical (unpaired) electrons. The molecule has 156 valence electrons. The summed E-state index contributed by atoms with van der Waals surface area (Å²) in [6.45, 7) is 5.18. The summed E-state index contributed by atoms with van der Waals surface area (Å²) in [6.07, 6.45) is -3.83. The Hall–Kier alpha value is -3.10. The summed E-state index contributed by atoms with van der Waals surface area (Å²) >= 11 is 0. The number of carbonyl (C=O) groups is 1. The van der Waals surface area contributed by atoms with E-state index in [4.69, 9.17) is 4.74 Å². The zero-order chi connectivity index (χ0) is 21.8. The molecule has 1 N–H and O–H groups in total. The highest BCUT2D eigenvalue weighted by Crippen LogP contribution is 2.33. The maximum Gasteiger partial charge on any atom is 0.428 e. The van der Waals surface area contributed by atoms with Gasteiger partial charge in [-0.15, -0.1) is 0 Å². The Bertz CT molecular complexity index is 903. The Morgan fingerprint density at radius 3 is 2.45 bits per heavy atom. The third-order valence-electron chi connectivity index (χ3n) is 3.55. The van der Waals surface area contributed by atoms with Crippen molar-refractivity contribution in [3.63, 3.8) is 0 Å². The number of carbonyl (C=O) groups excluding carboxylic acids is 1. The number of hydrogen-bond acceptors (Lipinski definition) is 5. The van der Waals surface area contributed by atoms with Crippen LogP contribution in [0.1, 0.15) is 31.9 Å². The molecule has 0 atom stereocenters. The van der Waals surface area contributed by atoms with E-state index in [0.29, 0.717) is 11.1 Å². The molecule has 1 heterocycles. The largest absolute Gasteiger partial charge is 0.443 e. The van der Waals surface area contributed by atoms with E-state index in [0.717, 1.165) is 12.1 Å². The maximum absolute atomic E-state index is 13.2. The quantitative estimate of drug-likeness (QED) is 0.589. The summed E-state index contributed by atoms with van der Waals surface area (Å²) in [6, 6.07) is 8.65. The lowest BCUT2D eigenvalue weighted by molar-refractivity contribution is -0.137. The lowest BCUT2D eigenvalue weighted by Gasteiger charge is -2.18. The fourth-order valence-corrected chi connectivity index (χ4v) is 2.30. The molecule has 0 spiro atoms. The number of nitrogens with one attached hydrogen (secondary N) is 1. The van der Waals surface area contributed by atoms with Crippen LogP contribution in [0.4, 0.5) is 23.8 Å². The van der Waals surface area contributed by atoms with Gasteiger partial charge in [0.1, 0.15) is 11.4 Å². The number of alkyl halides is 3. The molecule has 0 fully saturated rings. The van der Waals surface area contributed by atoms with E-state index in [9.17, 15) is 18.0 Å². The number of amides is 1. The van der Waals surface area contributed by atoms with E-state index < -0.39 is 23.4 Å². The molecule has 1 aromatic heterocycles. The first-order valence-corrected chi connectivity index (χ1v) is 8.74. The monoisotopic (exact) mass is 408 g/mol. The number of pyridine rings is 1. The smallest absolute Gasteiger partial charge is 0.428 e. The first-order chi connectivity index (χ1) is 13.3. The van der Waals surface area contributed by atoms with Crippen LogP contribution in [-0.4, -0.2) is 37.0 Å². The Labute approximate surface area is 167 Å². The highest BCUT2D eigenvalue weighted by Gasteiger charge is 2.32. The molecule has 6 nitrogen and oxygen atoms in total. The van der Waals surface area contributed by atoms with E-state index in [1.807, 2.05) is 0 Å². The van der Waals surface area contributed by atoms with Crippen LogP contribution in [0.5, 0.6) is 0 Å². The number of halogens is 3. The van der Waals surface area contributed by atoms with Gasteiger partial charge in [-0.05, 0) is 44.5 Å². The fraction of sp³-hybridized carbons (Fsp3) is 0.350. The van der Waals surface area contributed by atoms with Crippen molar-refractivity contribution in [1.29, 1.82) is 0 Å². The van der Waals surface area contributed by atoms with Crippen molar-refractivity contribution in [3.05, 3.63) is 47.5 Å². The third-order valence-corrected chi connectivity index (χ3v) is 3.55. The molecule has 0 saturated carbocycles. The number of hydrogen-bond donors (Lipinski definition) is 1. The average molecular weight is 408 g/mol. The highest BCUT2D eigenvalue weighted by molar-refractivity contribution is 5.83. The van der Waals surface area contributed by atoms with Crippen molar-refractivity contribution in [2.45, 2.75) is 32.5 Å². The van der Waals surface area contributed by atoms with Crippen LogP contribution in [0.25, 0.3) is 11.3 Å². The van der Waals surface area contributed by atoms with Crippen LogP contribution < -0.4 is 10.3 Å². The second kappa shape index (κ2) is 8.50. The van der Waals surface area contributed by atoms with E-state index in [1.165, 1.54) is 11.1 Å². The molecule has 2 rings (SSSR count). The number of hydrazone groups is 1. The standard InChI is InChI=1S/C20H23F3N4O2/c1-19(2,3)29-18(28)26-24-12-13-7-6-8-14(9-13)16-10-15(20(21,22)23)11-17(25-16)27(4)5/h6-12H,1-5H3,(H,26,28)/b24-12+. The zero-order valence-electron chi connectivity index (χ0n) is 16.8. The molecule has 0 saturated heterocycles. The van der Waals surface area contributed by atoms with Crippen LogP contribution in [-0.2, 0) is 10.9 Å². The van der Waals surface area contributed by atoms with Gasteiger partial charge < -0.3 is 9.64 Å². The Morgan fingerprint density at radius 1 is 1.17 bits per heavy atom. The number of nitrogens with zero attached hydrogens (tertiary/aromatic N) is 3. The summed E-state index contributed by atoms with van der Waals surface area (Å²) < 4.78 is 44.8. The van der Waals surface area contributed by atoms with Crippen LogP contribution in [0.2, 0.25) is 0 Å². The SMILES string of the molecule is CN(C)c1cc(C(F)(F)F)cc(-c2cccc(/C=N/NC(=O)OC(C)(C)C)c2)n1. The number of benzene rings is 1. The van der Waals surface area contributed by atoms with Crippen molar-refractivity contribution >= 4 is 18.1 Å². The summed E-state index contributed by atoms with van der Waals surface area (Å²) in [7, 11) is 3.25. The molecule has 9 heteroatoms.